The second-order valence-electron chi connectivity index (χ2n) is 5.58. The summed E-state index contributed by atoms with van der Waals surface area (Å²) in [5.41, 5.74) is 0.116. The summed E-state index contributed by atoms with van der Waals surface area (Å²) < 4.78 is 10.4. The van der Waals surface area contributed by atoms with Gasteiger partial charge in [0.15, 0.2) is 0 Å². The van der Waals surface area contributed by atoms with E-state index < -0.39 is 11.6 Å². The van der Waals surface area contributed by atoms with Crippen molar-refractivity contribution in [3.8, 4) is 5.75 Å². The predicted molar refractivity (Wildman–Crippen MR) is 96.4 cm³/mol. The van der Waals surface area contributed by atoms with E-state index in [1.807, 2.05) is 0 Å². The Kier molecular flexibility index (Phi) is 5.04. The molecule has 6 nitrogen and oxygen atoms in total. The fourth-order valence-corrected chi connectivity index (χ4v) is 2.52. The van der Waals surface area contributed by atoms with E-state index in [1.165, 1.54) is 19.1 Å². The molecule has 0 fully saturated rings. The number of esters is 1. The highest BCUT2D eigenvalue weighted by Gasteiger charge is 2.16. The maximum atomic E-state index is 12.3. The van der Waals surface area contributed by atoms with Gasteiger partial charge in [0.25, 0.3) is 0 Å². The molecule has 1 N–H and O–H groups in total. The standard InChI is InChI=1S/C19H14ClNO5/c1-11(22)21-10-12-5-6-17-13(7-12)8-16(19(24)26-17)18(23)25-15-4-2-3-14(20)9-15/h2-9H,10H2,1H3,(H,21,22). The summed E-state index contributed by atoms with van der Waals surface area (Å²) in [6.45, 7) is 1.75. The Hall–Kier alpha value is -3.12. The first-order chi connectivity index (χ1) is 12.4. The van der Waals surface area contributed by atoms with Crippen LogP contribution in [0.15, 0.2) is 57.7 Å². The Bertz CT molecular complexity index is 1060. The predicted octanol–water partition coefficient (Wildman–Crippen LogP) is 3.30. The van der Waals surface area contributed by atoms with Gasteiger partial charge in [-0.15, -0.1) is 0 Å². The molecule has 1 aromatic heterocycles. The normalized spacial score (nSPS) is 10.5. The van der Waals surface area contributed by atoms with Crippen LogP contribution in [0, 0.1) is 0 Å². The number of ether oxygens (including phenoxy) is 1. The summed E-state index contributed by atoms with van der Waals surface area (Å²) in [6.07, 6.45) is 0. The summed E-state index contributed by atoms with van der Waals surface area (Å²) in [5.74, 6) is -0.771. The van der Waals surface area contributed by atoms with Crippen LogP contribution < -0.4 is 15.7 Å². The quantitative estimate of drug-likeness (QED) is 0.432. The summed E-state index contributed by atoms with van der Waals surface area (Å²) in [7, 11) is 0. The molecule has 3 aromatic rings. The zero-order valence-corrected chi connectivity index (χ0v) is 14.5. The largest absolute Gasteiger partial charge is 0.423 e. The molecule has 0 saturated carbocycles. The monoisotopic (exact) mass is 371 g/mol. The van der Waals surface area contributed by atoms with Crippen LogP contribution in [0.25, 0.3) is 11.0 Å². The van der Waals surface area contributed by atoms with Crippen LogP contribution in [0.3, 0.4) is 0 Å². The zero-order chi connectivity index (χ0) is 18.7. The Labute approximate surface area is 153 Å². The van der Waals surface area contributed by atoms with Crippen LogP contribution in [0.5, 0.6) is 5.75 Å². The van der Waals surface area contributed by atoms with Crippen molar-refractivity contribution in [2.45, 2.75) is 13.5 Å². The highest BCUT2D eigenvalue weighted by atomic mass is 35.5. The van der Waals surface area contributed by atoms with Crippen LogP contribution in [0.2, 0.25) is 5.02 Å². The van der Waals surface area contributed by atoms with Gasteiger partial charge in [-0.3, -0.25) is 4.79 Å². The third kappa shape index (κ3) is 4.10. The number of amides is 1. The van der Waals surface area contributed by atoms with E-state index in [4.69, 9.17) is 20.8 Å². The van der Waals surface area contributed by atoms with Crippen LogP contribution >= 0.6 is 11.6 Å². The number of benzene rings is 2. The molecule has 1 amide bonds. The van der Waals surface area contributed by atoms with Crippen LogP contribution in [-0.4, -0.2) is 11.9 Å². The van der Waals surface area contributed by atoms with Crippen molar-refractivity contribution in [2.24, 2.45) is 0 Å². The average Bonchev–Trinajstić information content (AvgIpc) is 2.59. The minimum atomic E-state index is -0.838. The molecular formula is C19H14ClNO5. The number of carbonyl (C=O) groups excluding carboxylic acids is 2. The Balaban J connectivity index is 1.91. The molecule has 0 radical (unpaired) electrons. The van der Waals surface area contributed by atoms with E-state index in [-0.39, 0.29) is 17.2 Å². The maximum Gasteiger partial charge on any atom is 0.351 e. The fourth-order valence-electron chi connectivity index (χ4n) is 2.34. The molecule has 7 heteroatoms. The number of rotatable bonds is 4. The average molecular weight is 372 g/mol. The lowest BCUT2D eigenvalue weighted by molar-refractivity contribution is -0.119. The van der Waals surface area contributed by atoms with Crippen molar-refractivity contribution in [1.82, 2.24) is 5.32 Å². The molecule has 0 atom stereocenters. The van der Waals surface area contributed by atoms with Crippen molar-refractivity contribution in [2.75, 3.05) is 0 Å². The maximum absolute atomic E-state index is 12.3. The SMILES string of the molecule is CC(=O)NCc1ccc2oc(=O)c(C(=O)Oc3cccc(Cl)c3)cc2c1. The number of hydrogen-bond acceptors (Lipinski definition) is 5. The zero-order valence-electron chi connectivity index (χ0n) is 13.7. The van der Waals surface area contributed by atoms with Gasteiger partial charge in [0.2, 0.25) is 5.91 Å². The van der Waals surface area contributed by atoms with E-state index in [1.54, 1.807) is 36.4 Å². The number of fused-ring (bicyclic) bond motifs is 1. The van der Waals surface area contributed by atoms with Gasteiger partial charge >= 0.3 is 11.6 Å². The van der Waals surface area contributed by atoms with Crippen LogP contribution in [-0.2, 0) is 11.3 Å². The van der Waals surface area contributed by atoms with Crippen molar-refractivity contribution in [1.29, 1.82) is 0 Å². The second-order valence-corrected chi connectivity index (χ2v) is 6.01. The lowest BCUT2D eigenvalue weighted by atomic mass is 10.1. The third-order valence-corrected chi connectivity index (χ3v) is 3.80. The molecule has 1 heterocycles. The van der Waals surface area contributed by atoms with Crippen molar-refractivity contribution >= 4 is 34.4 Å². The number of hydrogen-bond donors (Lipinski definition) is 1. The van der Waals surface area contributed by atoms with Gasteiger partial charge in [-0.25, -0.2) is 9.59 Å². The Morgan fingerprint density at radius 2 is 1.96 bits per heavy atom. The molecule has 26 heavy (non-hydrogen) atoms. The number of halogens is 1. The van der Waals surface area contributed by atoms with Crippen molar-refractivity contribution in [3.63, 3.8) is 0 Å². The van der Waals surface area contributed by atoms with Gasteiger partial charge in [0.05, 0.1) is 0 Å². The highest BCUT2D eigenvalue weighted by Crippen LogP contribution is 2.20. The van der Waals surface area contributed by atoms with Gasteiger partial charge in [-0.1, -0.05) is 23.7 Å². The molecule has 0 aliphatic heterocycles. The van der Waals surface area contributed by atoms with E-state index >= 15 is 0 Å². The first-order valence-electron chi connectivity index (χ1n) is 7.71. The summed E-state index contributed by atoms with van der Waals surface area (Å²) >= 11 is 5.85. The van der Waals surface area contributed by atoms with E-state index in [0.717, 1.165) is 5.56 Å². The molecule has 132 valence electrons. The van der Waals surface area contributed by atoms with Gasteiger partial charge < -0.3 is 14.5 Å². The molecule has 0 bridgehead atoms. The molecule has 0 unspecified atom stereocenters. The van der Waals surface area contributed by atoms with Gasteiger partial charge in [0.1, 0.15) is 16.9 Å². The Morgan fingerprint density at radius 1 is 1.15 bits per heavy atom. The lowest BCUT2D eigenvalue weighted by Gasteiger charge is -2.06. The molecule has 0 spiro atoms. The summed E-state index contributed by atoms with van der Waals surface area (Å²) in [5, 5.41) is 3.63. The van der Waals surface area contributed by atoms with E-state index in [2.05, 4.69) is 5.32 Å². The molecule has 0 saturated heterocycles. The van der Waals surface area contributed by atoms with E-state index in [9.17, 15) is 14.4 Å². The third-order valence-electron chi connectivity index (χ3n) is 3.56. The summed E-state index contributed by atoms with van der Waals surface area (Å²) in [4.78, 5) is 35.4. The van der Waals surface area contributed by atoms with Crippen LogP contribution in [0.1, 0.15) is 22.8 Å². The molecule has 2 aromatic carbocycles. The number of nitrogens with one attached hydrogen (secondary N) is 1. The molecule has 0 aliphatic rings. The minimum absolute atomic E-state index is 0.157. The van der Waals surface area contributed by atoms with Gasteiger partial charge in [-0.05, 0) is 42.0 Å². The highest BCUT2D eigenvalue weighted by molar-refractivity contribution is 6.30. The summed E-state index contributed by atoms with van der Waals surface area (Å²) in [6, 6.07) is 12.8. The first-order valence-corrected chi connectivity index (χ1v) is 8.09. The lowest BCUT2D eigenvalue weighted by Crippen LogP contribution is -2.19. The molecular weight excluding hydrogens is 358 g/mol. The number of carbonyl (C=O) groups is 2. The molecule has 0 aliphatic carbocycles. The van der Waals surface area contributed by atoms with E-state index in [0.29, 0.717) is 22.5 Å². The topological polar surface area (TPSA) is 85.6 Å². The first kappa shape index (κ1) is 17.7. The smallest absolute Gasteiger partial charge is 0.351 e. The fraction of sp³-hybridized carbons (Fsp3) is 0.105. The van der Waals surface area contributed by atoms with Crippen molar-refractivity contribution < 1.29 is 18.7 Å². The van der Waals surface area contributed by atoms with Crippen LogP contribution in [0.4, 0.5) is 0 Å². The van der Waals surface area contributed by atoms with Gasteiger partial charge in [0, 0.05) is 23.9 Å². The second kappa shape index (κ2) is 7.41. The van der Waals surface area contributed by atoms with Gasteiger partial charge in [-0.2, -0.15) is 0 Å². The van der Waals surface area contributed by atoms with Crippen molar-refractivity contribution in [3.05, 3.63) is 75.1 Å². The Morgan fingerprint density at radius 3 is 2.69 bits per heavy atom. The minimum Gasteiger partial charge on any atom is -0.423 e. The molecule has 3 rings (SSSR count).